The molecule has 106 valence electrons. The summed E-state index contributed by atoms with van der Waals surface area (Å²) in [4.78, 5) is 12.6. The van der Waals surface area contributed by atoms with Crippen LogP contribution in [0.5, 0.6) is 0 Å². The van der Waals surface area contributed by atoms with Crippen molar-refractivity contribution < 1.29 is 4.79 Å². The van der Waals surface area contributed by atoms with Crippen LogP contribution in [0, 0.1) is 35.5 Å². The lowest BCUT2D eigenvalue weighted by atomic mass is 9.67. The molecule has 0 radical (unpaired) electrons. The molecule has 1 aliphatic carbocycles. The van der Waals surface area contributed by atoms with Gasteiger partial charge in [-0.1, -0.05) is 48.0 Å². The molecule has 1 heteroatoms. The molecule has 0 N–H and O–H groups in total. The first-order valence-corrected chi connectivity index (χ1v) is 7.85. The Hall–Kier alpha value is -0.330. The maximum absolute atomic E-state index is 12.6. The van der Waals surface area contributed by atoms with E-state index in [-0.39, 0.29) is 0 Å². The molecule has 0 aromatic carbocycles. The van der Waals surface area contributed by atoms with Gasteiger partial charge < -0.3 is 0 Å². The summed E-state index contributed by atoms with van der Waals surface area (Å²) in [6.45, 7) is 13.5. The van der Waals surface area contributed by atoms with Crippen LogP contribution in [0.1, 0.15) is 67.2 Å². The van der Waals surface area contributed by atoms with E-state index < -0.39 is 0 Å². The Morgan fingerprint density at radius 3 is 2.22 bits per heavy atom. The molecule has 18 heavy (non-hydrogen) atoms. The quantitative estimate of drug-likeness (QED) is 0.677. The molecule has 4 unspecified atom stereocenters. The summed E-state index contributed by atoms with van der Waals surface area (Å²) in [6.07, 6.45) is 4.49. The van der Waals surface area contributed by atoms with Crippen molar-refractivity contribution in [3.05, 3.63) is 0 Å². The Morgan fingerprint density at radius 1 is 1.11 bits per heavy atom. The van der Waals surface area contributed by atoms with Gasteiger partial charge in [-0.25, -0.2) is 0 Å². The van der Waals surface area contributed by atoms with Gasteiger partial charge in [0.2, 0.25) is 0 Å². The lowest BCUT2D eigenvalue weighted by Gasteiger charge is -2.37. The first-order chi connectivity index (χ1) is 8.32. The number of Topliss-reactive ketones (excluding diaryl/α,β-unsaturated/α-hetero) is 1. The van der Waals surface area contributed by atoms with Crippen LogP contribution in [0.2, 0.25) is 0 Å². The Balaban J connectivity index is 2.67. The van der Waals surface area contributed by atoms with Gasteiger partial charge in [0.15, 0.2) is 0 Å². The van der Waals surface area contributed by atoms with Crippen LogP contribution in [-0.2, 0) is 4.79 Å². The standard InChI is InChI=1S/C17H32O/c1-11(2)14(6)10-17(18)16-9-13(5)7-8-15(16)12(3)4/h11-16H,7-10H2,1-6H3. The van der Waals surface area contributed by atoms with Gasteiger partial charge in [0.05, 0.1) is 0 Å². The van der Waals surface area contributed by atoms with Gasteiger partial charge in [-0.05, 0) is 42.4 Å². The normalized spacial score (nSPS) is 30.8. The molecule has 0 aromatic rings. The zero-order chi connectivity index (χ0) is 13.9. The highest BCUT2D eigenvalue weighted by Gasteiger charge is 2.35. The highest BCUT2D eigenvalue weighted by molar-refractivity contribution is 5.81. The zero-order valence-corrected chi connectivity index (χ0v) is 13.2. The number of hydrogen-bond acceptors (Lipinski definition) is 1. The van der Waals surface area contributed by atoms with Gasteiger partial charge >= 0.3 is 0 Å². The molecule has 0 spiro atoms. The van der Waals surface area contributed by atoms with Crippen molar-refractivity contribution >= 4 is 5.78 Å². The monoisotopic (exact) mass is 252 g/mol. The third-order valence-corrected chi connectivity index (χ3v) is 5.10. The largest absolute Gasteiger partial charge is 0.299 e. The van der Waals surface area contributed by atoms with Crippen molar-refractivity contribution in [2.75, 3.05) is 0 Å². The van der Waals surface area contributed by atoms with Crippen molar-refractivity contribution in [2.24, 2.45) is 35.5 Å². The van der Waals surface area contributed by atoms with E-state index in [4.69, 9.17) is 0 Å². The molecule has 0 heterocycles. The Bertz CT molecular complexity index is 267. The molecule has 1 saturated carbocycles. The summed E-state index contributed by atoms with van der Waals surface area (Å²) in [7, 11) is 0. The molecule has 1 fully saturated rings. The highest BCUT2D eigenvalue weighted by Crippen LogP contribution is 2.39. The second kappa shape index (κ2) is 6.73. The van der Waals surface area contributed by atoms with Crippen molar-refractivity contribution in [3.8, 4) is 0 Å². The fraction of sp³-hybridized carbons (Fsp3) is 0.941. The predicted molar refractivity (Wildman–Crippen MR) is 78.5 cm³/mol. The van der Waals surface area contributed by atoms with E-state index in [1.807, 2.05) is 0 Å². The number of ketones is 1. The number of carbonyl (C=O) groups is 1. The third kappa shape index (κ3) is 4.10. The summed E-state index contributed by atoms with van der Waals surface area (Å²) < 4.78 is 0. The highest BCUT2D eigenvalue weighted by atomic mass is 16.1. The van der Waals surface area contributed by atoms with E-state index in [0.29, 0.717) is 35.4 Å². The maximum Gasteiger partial charge on any atom is 0.136 e. The van der Waals surface area contributed by atoms with Crippen molar-refractivity contribution in [2.45, 2.75) is 67.2 Å². The second-order valence-corrected chi connectivity index (χ2v) is 7.32. The van der Waals surface area contributed by atoms with Crippen molar-refractivity contribution in [1.29, 1.82) is 0 Å². The molecule has 0 bridgehead atoms. The molecule has 1 rings (SSSR count). The molecule has 0 amide bonds. The summed E-state index contributed by atoms with van der Waals surface area (Å²) in [5.41, 5.74) is 0. The van der Waals surface area contributed by atoms with E-state index in [1.54, 1.807) is 0 Å². The fourth-order valence-electron chi connectivity index (χ4n) is 3.28. The van der Waals surface area contributed by atoms with Crippen molar-refractivity contribution in [3.63, 3.8) is 0 Å². The molecular weight excluding hydrogens is 220 g/mol. The molecule has 0 aliphatic heterocycles. The van der Waals surface area contributed by atoms with Crippen LogP contribution in [-0.4, -0.2) is 5.78 Å². The average Bonchev–Trinajstić information content (AvgIpc) is 2.28. The van der Waals surface area contributed by atoms with Crippen LogP contribution < -0.4 is 0 Å². The Labute approximate surface area is 114 Å². The minimum Gasteiger partial charge on any atom is -0.299 e. The Morgan fingerprint density at radius 2 is 1.72 bits per heavy atom. The fourth-order valence-corrected chi connectivity index (χ4v) is 3.28. The number of rotatable bonds is 5. The first kappa shape index (κ1) is 15.7. The van der Waals surface area contributed by atoms with E-state index in [2.05, 4.69) is 41.5 Å². The minimum atomic E-state index is 0.343. The van der Waals surface area contributed by atoms with Gasteiger partial charge in [-0.3, -0.25) is 4.79 Å². The van der Waals surface area contributed by atoms with Crippen LogP contribution in [0.15, 0.2) is 0 Å². The molecule has 4 atom stereocenters. The summed E-state index contributed by atoms with van der Waals surface area (Å²) >= 11 is 0. The lowest BCUT2D eigenvalue weighted by molar-refractivity contribution is -0.128. The van der Waals surface area contributed by atoms with E-state index in [0.717, 1.165) is 18.8 Å². The lowest BCUT2D eigenvalue weighted by Crippen LogP contribution is -2.34. The van der Waals surface area contributed by atoms with Crippen LogP contribution in [0.3, 0.4) is 0 Å². The Kier molecular flexibility index (Phi) is 5.88. The summed E-state index contributed by atoms with van der Waals surface area (Å²) in [6, 6.07) is 0. The van der Waals surface area contributed by atoms with E-state index >= 15 is 0 Å². The SMILES string of the molecule is CC1CCC(C(C)C)C(C(=O)CC(C)C(C)C)C1. The number of carbonyl (C=O) groups excluding carboxylic acids is 1. The predicted octanol–water partition coefficient (Wildman–Crippen LogP) is 4.95. The van der Waals surface area contributed by atoms with Gasteiger partial charge in [-0.15, -0.1) is 0 Å². The van der Waals surface area contributed by atoms with Gasteiger partial charge in [0.1, 0.15) is 5.78 Å². The molecule has 1 aliphatic rings. The average molecular weight is 252 g/mol. The zero-order valence-electron chi connectivity index (χ0n) is 13.2. The molecular formula is C17H32O. The van der Waals surface area contributed by atoms with Crippen LogP contribution in [0.4, 0.5) is 0 Å². The van der Waals surface area contributed by atoms with E-state index in [9.17, 15) is 4.79 Å². The molecule has 0 saturated heterocycles. The molecule has 1 nitrogen and oxygen atoms in total. The van der Waals surface area contributed by atoms with Gasteiger partial charge in [0.25, 0.3) is 0 Å². The van der Waals surface area contributed by atoms with Gasteiger partial charge in [0, 0.05) is 12.3 Å². The maximum atomic E-state index is 12.6. The van der Waals surface area contributed by atoms with Crippen LogP contribution >= 0.6 is 0 Å². The summed E-state index contributed by atoms with van der Waals surface area (Å²) in [5, 5.41) is 0. The summed E-state index contributed by atoms with van der Waals surface area (Å²) in [5.74, 6) is 4.06. The molecule has 0 aromatic heterocycles. The first-order valence-electron chi connectivity index (χ1n) is 7.85. The third-order valence-electron chi connectivity index (χ3n) is 5.10. The van der Waals surface area contributed by atoms with E-state index in [1.165, 1.54) is 12.8 Å². The smallest absolute Gasteiger partial charge is 0.136 e. The number of hydrogen-bond donors (Lipinski definition) is 0. The van der Waals surface area contributed by atoms with Crippen LogP contribution in [0.25, 0.3) is 0 Å². The minimum absolute atomic E-state index is 0.343. The second-order valence-electron chi connectivity index (χ2n) is 7.32. The topological polar surface area (TPSA) is 17.1 Å². The van der Waals surface area contributed by atoms with Crippen molar-refractivity contribution in [1.82, 2.24) is 0 Å². The van der Waals surface area contributed by atoms with Gasteiger partial charge in [-0.2, -0.15) is 0 Å².